The monoisotopic (exact) mass is 407 g/mol. The van der Waals surface area contributed by atoms with Crippen LogP contribution in [0.15, 0.2) is 40.9 Å². The van der Waals surface area contributed by atoms with Crippen LogP contribution in [0.3, 0.4) is 0 Å². The highest BCUT2D eigenvalue weighted by atomic mass is 79.9. The van der Waals surface area contributed by atoms with Crippen LogP contribution in [0.1, 0.15) is 17.2 Å². The summed E-state index contributed by atoms with van der Waals surface area (Å²) in [6.07, 6.45) is 0. The van der Waals surface area contributed by atoms with E-state index in [0.29, 0.717) is 32.8 Å². The van der Waals surface area contributed by atoms with Crippen LogP contribution in [0.25, 0.3) is 0 Å². The molecule has 2 aromatic carbocycles. The molecule has 0 radical (unpaired) electrons. The van der Waals surface area contributed by atoms with Crippen molar-refractivity contribution in [1.82, 2.24) is 0 Å². The minimum atomic E-state index is -1.05. The van der Waals surface area contributed by atoms with Crippen LogP contribution in [0.4, 0.5) is 5.69 Å². The van der Waals surface area contributed by atoms with Crippen LogP contribution >= 0.6 is 15.9 Å². The normalized spacial score (nSPS) is 11.5. The molecular weight excluding hydrogens is 390 g/mol. The average Bonchev–Trinajstić information content (AvgIpc) is 2.59. The van der Waals surface area contributed by atoms with Gasteiger partial charge in [0.15, 0.2) is 17.5 Å². The van der Waals surface area contributed by atoms with Gasteiger partial charge in [0.1, 0.15) is 5.84 Å². The molecule has 2 rings (SSSR count). The van der Waals surface area contributed by atoms with Gasteiger partial charge in [0.05, 0.1) is 14.2 Å². The molecule has 0 aliphatic heterocycles. The molecule has 7 nitrogen and oxygen atoms in total. The number of aliphatic carboxylic acids is 1. The number of ether oxygens (including phenoxy) is 2. The Bertz CT molecular complexity index is 793. The summed E-state index contributed by atoms with van der Waals surface area (Å²) in [7, 11) is 2.99. The summed E-state index contributed by atoms with van der Waals surface area (Å²) in [5.41, 5.74) is 7.05. The van der Waals surface area contributed by atoms with Crippen molar-refractivity contribution in [2.45, 2.75) is 6.04 Å². The minimum absolute atomic E-state index is 0.0519. The topological polar surface area (TPSA) is 118 Å². The molecule has 0 aromatic heterocycles. The van der Waals surface area contributed by atoms with Crippen LogP contribution in [-0.4, -0.2) is 31.1 Å². The van der Waals surface area contributed by atoms with Gasteiger partial charge in [-0.25, -0.2) is 4.79 Å². The zero-order chi connectivity index (χ0) is 18.6. The molecule has 1 atom stereocenters. The van der Waals surface area contributed by atoms with Gasteiger partial charge < -0.3 is 25.6 Å². The van der Waals surface area contributed by atoms with E-state index < -0.39 is 12.0 Å². The van der Waals surface area contributed by atoms with Crippen molar-refractivity contribution in [1.29, 1.82) is 5.41 Å². The Morgan fingerprint density at radius 3 is 2.24 bits per heavy atom. The van der Waals surface area contributed by atoms with Crippen molar-refractivity contribution in [3.05, 3.63) is 52.0 Å². The number of anilines is 1. The third-order valence-corrected chi connectivity index (χ3v) is 4.25. The van der Waals surface area contributed by atoms with Crippen molar-refractivity contribution < 1.29 is 19.4 Å². The van der Waals surface area contributed by atoms with Gasteiger partial charge in [-0.2, -0.15) is 0 Å². The molecule has 0 spiro atoms. The van der Waals surface area contributed by atoms with E-state index in [1.165, 1.54) is 14.2 Å². The Balaban J connectivity index is 2.38. The summed E-state index contributed by atoms with van der Waals surface area (Å²) in [6, 6.07) is 8.88. The van der Waals surface area contributed by atoms with Gasteiger partial charge in [0, 0.05) is 21.3 Å². The van der Waals surface area contributed by atoms with Gasteiger partial charge >= 0.3 is 5.97 Å². The van der Waals surface area contributed by atoms with E-state index in [2.05, 4.69) is 21.2 Å². The van der Waals surface area contributed by atoms with Crippen LogP contribution < -0.4 is 20.5 Å². The third kappa shape index (κ3) is 4.21. The molecule has 0 heterocycles. The molecule has 0 saturated carbocycles. The van der Waals surface area contributed by atoms with E-state index in [-0.39, 0.29) is 5.84 Å². The molecule has 1 unspecified atom stereocenters. The molecule has 0 bridgehead atoms. The second-order valence-corrected chi connectivity index (χ2v) is 5.99. The maximum atomic E-state index is 11.8. The first-order valence-corrected chi connectivity index (χ1v) is 8.02. The number of benzene rings is 2. The van der Waals surface area contributed by atoms with Gasteiger partial charge in [-0.15, -0.1) is 0 Å². The van der Waals surface area contributed by atoms with Crippen LogP contribution in [0.2, 0.25) is 0 Å². The summed E-state index contributed by atoms with van der Waals surface area (Å²) < 4.78 is 11.0. The lowest BCUT2D eigenvalue weighted by Crippen LogP contribution is -2.21. The number of nitrogens with one attached hydrogen (secondary N) is 2. The number of hydrogen-bond donors (Lipinski definition) is 4. The maximum Gasteiger partial charge on any atom is 0.330 e. The Morgan fingerprint density at radius 2 is 1.76 bits per heavy atom. The quantitative estimate of drug-likeness (QED) is 0.413. The van der Waals surface area contributed by atoms with Crippen LogP contribution in [0.5, 0.6) is 11.5 Å². The Labute approximate surface area is 153 Å². The smallest absolute Gasteiger partial charge is 0.330 e. The van der Waals surface area contributed by atoms with Crippen molar-refractivity contribution in [3.63, 3.8) is 0 Å². The Kier molecular flexibility index (Phi) is 5.87. The fraction of sp³-hybridized carbons (Fsp3) is 0.176. The van der Waals surface area contributed by atoms with Crippen molar-refractivity contribution in [2.75, 3.05) is 19.5 Å². The lowest BCUT2D eigenvalue weighted by Gasteiger charge is -2.19. The maximum absolute atomic E-state index is 11.8. The van der Waals surface area contributed by atoms with Crippen molar-refractivity contribution in [2.24, 2.45) is 5.73 Å². The number of hydrogen-bond acceptors (Lipinski definition) is 5. The third-order valence-electron chi connectivity index (χ3n) is 3.57. The van der Waals surface area contributed by atoms with Gasteiger partial charge in [0.25, 0.3) is 0 Å². The molecule has 8 heteroatoms. The zero-order valence-corrected chi connectivity index (χ0v) is 15.3. The van der Waals surface area contributed by atoms with Crippen LogP contribution in [0, 0.1) is 5.41 Å². The number of carboxylic acids is 1. The molecule has 0 aliphatic rings. The molecule has 0 saturated heterocycles. The molecule has 2 aromatic rings. The second-order valence-electron chi connectivity index (χ2n) is 5.14. The van der Waals surface area contributed by atoms with E-state index in [9.17, 15) is 9.90 Å². The first-order valence-electron chi connectivity index (χ1n) is 7.22. The zero-order valence-electron chi connectivity index (χ0n) is 13.7. The minimum Gasteiger partial charge on any atom is -0.493 e. The molecule has 0 fully saturated rings. The molecule has 0 aliphatic carbocycles. The van der Waals surface area contributed by atoms with Gasteiger partial charge in [0.2, 0.25) is 0 Å². The van der Waals surface area contributed by atoms with E-state index >= 15 is 0 Å². The number of carboxylic acid groups (broad SMARTS) is 1. The number of rotatable bonds is 7. The summed E-state index contributed by atoms with van der Waals surface area (Å²) in [5, 5.41) is 20.0. The standard InChI is InChI=1S/C17H18BrN3O4/c1-24-13-7-11(12(18)8-14(13)25-2)15(17(22)23)21-10-5-3-9(4-6-10)16(19)20/h3-8,15,21H,1-2H3,(H3,19,20)(H,22,23). The fourth-order valence-corrected chi connectivity index (χ4v) is 2.83. The SMILES string of the molecule is COc1cc(Br)c(C(Nc2ccc(C(=N)N)cc2)C(=O)O)cc1OC. The highest BCUT2D eigenvalue weighted by Gasteiger charge is 2.24. The van der Waals surface area contributed by atoms with Crippen molar-refractivity contribution >= 4 is 33.4 Å². The Morgan fingerprint density at radius 1 is 1.20 bits per heavy atom. The number of nitrogens with two attached hydrogens (primary N) is 1. The lowest BCUT2D eigenvalue weighted by atomic mass is 10.1. The first-order chi connectivity index (χ1) is 11.9. The summed E-state index contributed by atoms with van der Waals surface area (Å²) in [5.74, 6) is -0.179. The first kappa shape index (κ1) is 18.6. The van der Waals surface area contributed by atoms with E-state index in [0.717, 1.165) is 0 Å². The fourth-order valence-electron chi connectivity index (χ4n) is 2.28. The molecule has 0 amide bonds. The van der Waals surface area contributed by atoms with Gasteiger partial charge in [-0.1, -0.05) is 15.9 Å². The average molecular weight is 408 g/mol. The largest absolute Gasteiger partial charge is 0.493 e. The van der Waals surface area contributed by atoms with Gasteiger partial charge in [-0.3, -0.25) is 5.41 Å². The van der Waals surface area contributed by atoms with E-state index in [1.807, 2.05) is 0 Å². The summed E-state index contributed by atoms with van der Waals surface area (Å²) >= 11 is 3.38. The highest BCUT2D eigenvalue weighted by Crippen LogP contribution is 2.37. The van der Waals surface area contributed by atoms with Gasteiger partial charge in [-0.05, 0) is 36.4 Å². The molecule has 5 N–H and O–H groups in total. The second kappa shape index (κ2) is 7.89. The highest BCUT2D eigenvalue weighted by molar-refractivity contribution is 9.10. The van der Waals surface area contributed by atoms with E-state index in [4.69, 9.17) is 20.6 Å². The number of methoxy groups -OCH3 is 2. The number of halogens is 1. The number of amidine groups is 1. The number of nitrogen functional groups attached to an aromatic ring is 1. The summed E-state index contributed by atoms with van der Waals surface area (Å²) in [4.78, 5) is 11.8. The predicted molar refractivity (Wildman–Crippen MR) is 98.7 cm³/mol. The van der Waals surface area contributed by atoms with Crippen LogP contribution in [-0.2, 0) is 4.79 Å². The molecular formula is C17H18BrN3O4. The van der Waals surface area contributed by atoms with E-state index in [1.54, 1.807) is 36.4 Å². The molecule has 25 heavy (non-hydrogen) atoms. The summed E-state index contributed by atoms with van der Waals surface area (Å²) in [6.45, 7) is 0. The molecule has 132 valence electrons. The van der Waals surface area contributed by atoms with Crippen molar-refractivity contribution in [3.8, 4) is 11.5 Å². The Hall–Kier alpha value is -2.74. The number of carbonyl (C=O) groups is 1. The lowest BCUT2D eigenvalue weighted by molar-refractivity contribution is -0.138. The predicted octanol–water partition coefficient (Wildman–Crippen LogP) is 2.99.